The number of hydrogen-bond acceptors (Lipinski definition) is 0. The second-order valence-electron chi connectivity index (χ2n) is 5.28. The molecule has 0 aliphatic heterocycles. The molecule has 0 heterocycles. The standard InChI is InChI=1S/C18H19Cl2F/c1-3-5-12(4-2)17-7-6-14(19)11-18(17)13-8-15(20)10-16(21)9-13/h6-12H,3-5H2,1-2H3. The Bertz CT molecular complexity index is 602. The van der Waals surface area contributed by atoms with Gasteiger partial charge in [0, 0.05) is 10.0 Å². The molecule has 0 fully saturated rings. The van der Waals surface area contributed by atoms with Gasteiger partial charge < -0.3 is 0 Å². The quantitative estimate of drug-likeness (QED) is 0.550. The Hall–Kier alpha value is -1.05. The molecule has 21 heavy (non-hydrogen) atoms. The zero-order chi connectivity index (χ0) is 15.4. The molecule has 1 unspecified atom stereocenters. The van der Waals surface area contributed by atoms with E-state index in [2.05, 4.69) is 19.9 Å². The minimum Gasteiger partial charge on any atom is -0.207 e. The van der Waals surface area contributed by atoms with Crippen LogP contribution in [0.2, 0.25) is 10.0 Å². The first-order valence-corrected chi connectivity index (χ1v) is 8.06. The van der Waals surface area contributed by atoms with Gasteiger partial charge >= 0.3 is 0 Å². The van der Waals surface area contributed by atoms with Gasteiger partial charge in [-0.15, -0.1) is 0 Å². The van der Waals surface area contributed by atoms with E-state index in [1.54, 1.807) is 6.07 Å². The minimum absolute atomic E-state index is 0.327. The van der Waals surface area contributed by atoms with Gasteiger partial charge in [-0.05, 0) is 65.8 Å². The fraction of sp³-hybridized carbons (Fsp3) is 0.333. The van der Waals surface area contributed by atoms with Crippen molar-refractivity contribution in [2.45, 2.75) is 39.0 Å². The lowest BCUT2D eigenvalue weighted by Gasteiger charge is -2.19. The van der Waals surface area contributed by atoms with Crippen molar-refractivity contribution in [1.82, 2.24) is 0 Å². The highest BCUT2D eigenvalue weighted by Gasteiger charge is 2.15. The van der Waals surface area contributed by atoms with Crippen LogP contribution in [0.5, 0.6) is 0 Å². The third-order valence-corrected chi connectivity index (χ3v) is 4.21. The second-order valence-corrected chi connectivity index (χ2v) is 6.16. The van der Waals surface area contributed by atoms with Gasteiger partial charge in [0.25, 0.3) is 0 Å². The van der Waals surface area contributed by atoms with Gasteiger partial charge in [-0.1, -0.05) is 49.5 Å². The molecule has 0 spiro atoms. The number of hydrogen-bond donors (Lipinski definition) is 0. The molecule has 0 N–H and O–H groups in total. The van der Waals surface area contributed by atoms with E-state index < -0.39 is 0 Å². The fourth-order valence-electron chi connectivity index (χ4n) is 2.77. The summed E-state index contributed by atoms with van der Waals surface area (Å²) in [6, 6.07) is 10.5. The molecule has 0 nitrogen and oxygen atoms in total. The van der Waals surface area contributed by atoms with Gasteiger partial charge in [-0.3, -0.25) is 0 Å². The van der Waals surface area contributed by atoms with E-state index in [9.17, 15) is 4.39 Å². The number of halogens is 3. The lowest BCUT2D eigenvalue weighted by molar-refractivity contribution is 0.597. The Morgan fingerprint density at radius 2 is 1.76 bits per heavy atom. The van der Waals surface area contributed by atoms with Gasteiger partial charge in [-0.2, -0.15) is 0 Å². The summed E-state index contributed by atoms with van der Waals surface area (Å²) < 4.78 is 13.7. The first kappa shape index (κ1) is 16.3. The largest absolute Gasteiger partial charge is 0.207 e. The fourth-order valence-corrected chi connectivity index (χ4v) is 3.17. The van der Waals surface area contributed by atoms with Gasteiger partial charge in [-0.25, -0.2) is 4.39 Å². The van der Waals surface area contributed by atoms with Crippen molar-refractivity contribution in [3.8, 4) is 11.1 Å². The van der Waals surface area contributed by atoms with Crippen molar-refractivity contribution in [3.05, 3.63) is 57.8 Å². The maximum absolute atomic E-state index is 13.7. The molecule has 0 aliphatic carbocycles. The maximum atomic E-state index is 13.7. The normalized spacial score (nSPS) is 12.4. The Kier molecular flexibility index (Phi) is 5.66. The molecule has 1 atom stereocenters. The summed E-state index contributed by atoms with van der Waals surface area (Å²) in [5.74, 6) is 0.122. The third-order valence-electron chi connectivity index (χ3n) is 3.76. The highest BCUT2D eigenvalue weighted by atomic mass is 35.5. The van der Waals surface area contributed by atoms with Gasteiger partial charge in [0.05, 0.1) is 0 Å². The Morgan fingerprint density at radius 1 is 1.00 bits per heavy atom. The average molecular weight is 325 g/mol. The summed E-state index contributed by atoms with van der Waals surface area (Å²) in [5, 5.41) is 1.06. The maximum Gasteiger partial charge on any atom is 0.125 e. The van der Waals surface area contributed by atoms with Crippen LogP contribution in [0.25, 0.3) is 11.1 Å². The van der Waals surface area contributed by atoms with Gasteiger partial charge in [0.15, 0.2) is 0 Å². The molecule has 3 heteroatoms. The summed E-state index contributed by atoms with van der Waals surface area (Å²) in [4.78, 5) is 0. The van der Waals surface area contributed by atoms with Crippen molar-refractivity contribution in [1.29, 1.82) is 0 Å². The van der Waals surface area contributed by atoms with E-state index in [4.69, 9.17) is 23.2 Å². The highest BCUT2D eigenvalue weighted by Crippen LogP contribution is 2.36. The molecule has 0 saturated heterocycles. The smallest absolute Gasteiger partial charge is 0.125 e. The summed E-state index contributed by atoms with van der Waals surface area (Å²) in [5.41, 5.74) is 2.97. The Morgan fingerprint density at radius 3 is 2.38 bits per heavy atom. The van der Waals surface area contributed by atoms with Crippen LogP contribution >= 0.6 is 23.2 Å². The first-order valence-electron chi connectivity index (χ1n) is 7.31. The predicted molar refractivity (Wildman–Crippen MR) is 89.8 cm³/mol. The van der Waals surface area contributed by atoms with E-state index in [1.807, 2.05) is 12.1 Å². The summed E-state index contributed by atoms with van der Waals surface area (Å²) >= 11 is 12.1. The number of rotatable bonds is 5. The zero-order valence-corrected chi connectivity index (χ0v) is 13.8. The lowest BCUT2D eigenvalue weighted by atomic mass is 9.86. The molecular weight excluding hydrogens is 306 g/mol. The summed E-state index contributed by atoms with van der Waals surface area (Å²) in [6.45, 7) is 4.36. The molecule has 2 rings (SSSR count). The first-order chi connectivity index (χ1) is 10.0. The highest BCUT2D eigenvalue weighted by molar-refractivity contribution is 6.31. The third kappa shape index (κ3) is 3.99. The van der Waals surface area contributed by atoms with Crippen molar-refractivity contribution in [2.24, 2.45) is 0 Å². The van der Waals surface area contributed by atoms with Gasteiger partial charge in [0.1, 0.15) is 5.82 Å². The lowest BCUT2D eigenvalue weighted by Crippen LogP contribution is -2.00. The van der Waals surface area contributed by atoms with Gasteiger partial charge in [0.2, 0.25) is 0 Å². The predicted octanol–water partition coefficient (Wildman–Crippen LogP) is 7.09. The van der Waals surface area contributed by atoms with Crippen LogP contribution < -0.4 is 0 Å². The zero-order valence-electron chi connectivity index (χ0n) is 12.3. The minimum atomic E-state index is -0.327. The SMILES string of the molecule is CCCC(CC)c1ccc(Cl)cc1-c1cc(F)cc(Cl)c1. The Balaban J connectivity index is 2.57. The van der Waals surface area contributed by atoms with Crippen LogP contribution in [-0.2, 0) is 0 Å². The molecule has 112 valence electrons. The van der Waals surface area contributed by atoms with Crippen LogP contribution in [0.15, 0.2) is 36.4 Å². The van der Waals surface area contributed by atoms with Crippen molar-refractivity contribution < 1.29 is 4.39 Å². The molecule has 0 saturated carbocycles. The molecule has 0 bridgehead atoms. The van der Waals surface area contributed by atoms with Crippen molar-refractivity contribution in [3.63, 3.8) is 0 Å². The summed E-state index contributed by atoms with van der Waals surface area (Å²) in [6.07, 6.45) is 3.27. The van der Waals surface area contributed by atoms with Crippen LogP contribution in [0.4, 0.5) is 4.39 Å². The van der Waals surface area contributed by atoms with E-state index in [0.717, 1.165) is 30.4 Å². The molecular formula is C18H19Cl2F. The van der Waals surface area contributed by atoms with E-state index in [-0.39, 0.29) is 5.82 Å². The molecule has 2 aromatic rings. The van der Waals surface area contributed by atoms with Crippen LogP contribution in [-0.4, -0.2) is 0 Å². The molecule has 0 aliphatic rings. The molecule has 0 amide bonds. The van der Waals surface area contributed by atoms with E-state index >= 15 is 0 Å². The number of benzene rings is 2. The average Bonchev–Trinajstić information content (AvgIpc) is 2.44. The molecule has 0 aromatic heterocycles. The topological polar surface area (TPSA) is 0 Å². The van der Waals surface area contributed by atoms with E-state index in [0.29, 0.717) is 16.0 Å². The molecule has 0 radical (unpaired) electrons. The van der Waals surface area contributed by atoms with Crippen LogP contribution in [0, 0.1) is 5.82 Å². The van der Waals surface area contributed by atoms with Crippen molar-refractivity contribution in [2.75, 3.05) is 0 Å². The summed E-state index contributed by atoms with van der Waals surface area (Å²) in [7, 11) is 0. The van der Waals surface area contributed by atoms with Crippen molar-refractivity contribution >= 4 is 23.2 Å². The molecule has 2 aromatic carbocycles. The van der Waals surface area contributed by atoms with E-state index in [1.165, 1.54) is 17.7 Å². The van der Waals surface area contributed by atoms with Crippen LogP contribution in [0.3, 0.4) is 0 Å². The second kappa shape index (κ2) is 7.29. The van der Waals surface area contributed by atoms with Crippen LogP contribution in [0.1, 0.15) is 44.6 Å². The Labute approximate surface area is 135 Å². The monoisotopic (exact) mass is 324 g/mol.